The quantitative estimate of drug-likeness (QED) is 0.121. The summed E-state index contributed by atoms with van der Waals surface area (Å²) in [4.78, 5) is 78.0. The SMILES string of the molecule is C#CCN(CC1=CN([N+](=O)[O-])c2nc(N)[nH]c(=O)c2N1[N+](=O)[O-])c1ccc(C(=O)N[C@@H](CCC(=O)O)C(=O)O)cc1. The molecule has 1 aromatic carbocycles. The summed E-state index contributed by atoms with van der Waals surface area (Å²) in [5.41, 5.74) is 3.54. The molecule has 19 nitrogen and oxygen atoms in total. The molecule has 6 N–H and O–H groups in total. The van der Waals surface area contributed by atoms with Crippen LogP contribution in [0, 0.1) is 32.6 Å². The Hall–Kier alpha value is -6.19. The Labute approximate surface area is 228 Å². The highest BCUT2D eigenvalue weighted by Crippen LogP contribution is 2.33. The molecule has 19 heteroatoms. The van der Waals surface area contributed by atoms with E-state index < -0.39 is 69.9 Å². The summed E-state index contributed by atoms with van der Waals surface area (Å²) in [5, 5.41) is 42.6. The zero-order chi connectivity index (χ0) is 30.4. The maximum Gasteiger partial charge on any atom is 0.326 e. The maximum absolute atomic E-state index is 12.5. The number of carbonyl (C=O) groups excluding carboxylic acids is 1. The summed E-state index contributed by atoms with van der Waals surface area (Å²) in [6.45, 7) is -0.604. The molecule has 0 spiro atoms. The van der Waals surface area contributed by atoms with E-state index in [2.05, 4.69) is 21.2 Å². The lowest BCUT2D eigenvalue weighted by atomic mass is 10.1. The minimum atomic E-state index is -1.46. The van der Waals surface area contributed by atoms with E-state index >= 15 is 0 Å². The number of aromatic nitrogens is 2. The number of aliphatic carboxylic acids is 2. The number of hydrogen-bond acceptors (Lipinski definition) is 11. The second-order valence-corrected chi connectivity index (χ2v) is 8.28. The third kappa shape index (κ3) is 6.63. The van der Waals surface area contributed by atoms with Crippen molar-refractivity contribution in [2.75, 3.05) is 33.7 Å². The molecule has 1 aliphatic heterocycles. The number of carboxylic acids is 2. The van der Waals surface area contributed by atoms with Gasteiger partial charge in [0, 0.05) is 17.7 Å². The van der Waals surface area contributed by atoms with Crippen molar-refractivity contribution in [2.45, 2.75) is 18.9 Å². The summed E-state index contributed by atoms with van der Waals surface area (Å²) in [6, 6.07) is 3.89. The molecule has 214 valence electrons. The van der Waals surface area contributed by atoms with Crippen molar-refractivity contribution in [3.05, 3.63) is 72.3 Å². The number of anilines is 4. The van der Waals surface area contributed by atoms with Gasteiger partial charge >= 0.3 is 11.9 Å². The summed E-state index contributed by atoms with van der Waals surface area (Å²) < 4.78 is 0. The number of nitrogens with zero attached hydrogens (tertiary/aromatic N) is 6. The molecule has 2 aromatic rings. The Bertz CT molecular complexity index is 1530. The van der Waals surface area contributed by atoms with Crippen molar-refractivity contribution in [3.63, 3.8) is 0 Å². The molecule has 1 aromatic heterocycles. The highest BCUT2D eigenvalue weighted by molar-refractivity contribution is 5.97. The standard InChI is InChI=1S/C22H21N9O10/c1-2-9-27(13-5-3-12(4-6-13)19(34)24-15(21(36)37)7-8-16(32)33)10-14-11-28(30(38)39)18-17(29(14)31(40)41)20(35)26-22(23)25-18/h1,3-6,11,15H,7-10H2,(H,24,34)(H,32,33)(H,36,37)(H3,23,25,26,35)/t15-/m0/s1. The fraction of sp³-hybridized carbons (Fsp3) is 0.227. The van der Waals surface area contributed by atoms with Crippen molar-refractivity contribution >= 4 is 41.0 Å². The van der Waals surface area contributed by atoms with Crippen molar-refractivity contribution in [1.29, 1.82) is 0 Å². The van der Waals surface area contributed by atoms with Crippen molar-refractivity contribution < 1.29 is 34.7 Å². The number of terminal acetylenes is 1. The summed E-state index contributed by atoms with van der Waals surface area (Å²) >= 11 is 0. The van der Waals surface area contributed by atoms with Gasteiger partial charge in [-0.2, -0.15) is 4.98 Å². The van der Waals surface area contributed by atoms with Gasteiger partial charge < -0.3 is 26.2 Å². The second kappa shape index (κ2) is 12.1. The summed E-state index contributed by atoms with van der Waals surface area (Å²) in [5.74, 6) is -2.31. The number of hydrogen-bond donors (Lipinski definition) is 5. The van der Waals surface area contributed by atoms with E-state index in [9.17, 15) is 44.5 Å². The minimum Gasteiger partial charge on any atom is -0.481 e. The predicted molar refractivity (Wildman–Crippen MR) is 140 cm³/mol. The number of nitrogens with two attached hydrogens (primary N) is 1. The van der Waals surface area contributed by atoms with Gasteiger partial charge in [-0.15, -0.1) is 6.42 Å². The normalized spacial score (nSPS) is 12.8. The molecule has 0 saturated carbocycles. The highest BCUT2D eigenvalue weighted by atomic mass is 16.7. The number of carbonyl (C=O) groups is 3. The van der Waals surface area contributed by atoms with Gasteiger partial charge in [-0.3, -0.25) is 19.4 Å². The van der Waals surface area contributed by atoms with Gasteiger partial charge in [0.2, 0.25) is 17.5 Å². The fourth-order valence-electron chi connectivity index (χ4n) is 3.78. The number of benzene rings is 1. The van der Waals surface area contributed by atoms with Crippen LogP contribution in [0.5, 0.6) is 0 Å². The summed E-state index contributed by atoms with van der Waals surface area (Å²) in [6.07, 6.45) is 5.41. The van der Waals surface area contributed by atoms with Crippen LogP contribution in [-0.4, -0.2) is 67.2 Å². The van der Waals surface area contributed by atoms with Gasteiger partial charge in [-0.25, -0.2) is 25.0 Å². The number of H-pyrrole nitrogens is 1. The Morgan fingerprint density at radius 3 is 2.39 bits per heavy atom. The van der Waals surface area contributed by atoms with Gasteiger partial charge in [0.15, 0.2) is 10.1 Å². The van der Waals surface area contributed by atoms with Crippen molar-refractivity contribution in [3.8, 4) is 12.3 Å². The van der Waals surface area contributed by atoms with Gasteiger partial charge in [0.25, 0.3) is 11.5 Å². The average molecular weight is 571 g/mol. The molecule has 1 atom stereocenters. The van der Waals surface area contributed by atoms with E-state index in [0.29, 0.717) is 15.7 Å². The molecule has 1 amide bonds. The van der Waals surface area contributed by atoms with Crippen LogP contribution in [0.3, 0.4) is 0 Å². The predicted octanol–water partition coefficient (Wildman–Crippen LogP) is -0.609. The number of amides is 1. The van der Waals surface area contributed by atoms with E-state index in [1.807, 2.05) is 0 Å². The number of nitrogen functional groups attached to an aromatic ring is 1. The van der Waals surface area contributed by atoms with Crippen LogP contribution in [0.2, 0.25) is 0 Å². The molecule has 3 rings (SSSR count). The van der Waals surface area contributed by atoms with E-state index in [4.69, 9.17) is 17.3 Å². The first kappa shape index (κ1) is 29.4. The van der Waals surface area contributed by atoms with E-state index in [1.165, 1.54) is 29.2 Å². The zero-order valence-electron chi connectivity index (χ0n) is 20.8. The van der Waals surface area contributed by atoms with Crippen LogP contribution in [0.25, 0.3) is 0 Å². The van der Waals surface area contributed by atoms with Crippen LogP contribution < -0.4 is 31.5 Å². The third-order valence-corrected chi connectivity index (χ3v) is 5.59. The monoisotopic (exact) mass is 571 g/mol. The van der Waals surface area contributed by atoms with Crippen LogP contribution in [0.15, 0.2) is 41.0 Å². The molecule has 0 aliphatic carbocycles. The van der Waals surface area contributed by atoms with Crippen LogP contribution in [0.1, 0.15) is 23.2 Å². The van der Waals surface area contributed by atoms with Crippen LogP contribution in [-0.2, 0) is 9.59 Å². The highest BCUT2D eigenvalue weighted by Gasteiger charge is 2.41. The topological polar surface area (TPSA) is 271 Å². The molecule has 0 bridgehead atoms. The second-order valence-electron chi connectivity index (χ2n) is 8.28. The number of aromatic amines is 1. The Kier molecular flexibility index (Phi) is 8.68. The molecule has 0 unspecified atom stereocenters. The first-order valence-electron chi connectivity index (χ1n) is 11.4. The first-order chi connectivity index (χ1) is 19.3. The summed E-state index contributed by atoms with van der Waals surface area (Å²) in [7, 11) is 0. The number of rotatable bonds is 12. The molecule has 0 saturated heterocycles. The van der Waals surface area contributed by atoms with Crippen LogP contribution >= 0.6 is 0 Å². The average Bonchev–Trinajstić information content (AvgIpc) is 2.89. The lowest BCUT2D eigenvalue weighted by molar-refractivity contribution is -0.496. The van der Waals surface area contributed by atoms with Crippen molar-refractivity contribution in [1.82, 2.24) is 15.3 Å². The number of carboxylic acid groups (broad SMARTS) is 2. The molecular formula is C22H21N9O10. The lowest BCUT2D eigenvalue weighted by Crippen LogP contribution is -2.45. The Balaban J connectivity index is 1.91. The number of hydrazine groups is 2. The first-order valence-corrected chi connectivity index (χ1v) is 11.4. The van der Waals surface area contributed by atoms with E-state index in [-0.39, 0.29) is 24.2 Å². The zero-order valence-corrected chi connectivity index (χ0v) is 20.8. The molecule has 1 aliphatic rings. The molecule has 0 fully saturated rings. The largest absolute Gasteiger partial charge is 0.481 e. The molecule has 2 heterocycles. The van der Waals surface area contributed by atoms with Crippen molar-refractivity contribution in [2.24, 2.45) is 0 Å². The van der Waals surface area contributed by atoms with Gasteiger partial charge in [0.05, 0.1) is 13.1 Å². The van der Waals surface area contributed by atoms with E-state index in [0.717, 1.165) is 6.20 Å². The lowest BCUT2D eigenvalue weighted by Gasteiger charge is -2.29. The van der Waals surface area contributed by atoms with Crippen LogP contribution in [0.4, 0.5) is 23.1 Å². The molecule has 0 radical (unpaired) electrons. The number of nitrogens with one attached hydrogen (secondary N) is 2. The minimum absolute atomic E-state index is 0.00318. The van der Waals surface area contributed by atoms with Gasteiger partial charge in [-0.05, 0) is 35.7 Å². The number of fused-ring (bicyclic) bond motifs is 1. The van der Waals surface area contributed by atoms with Gasteiger partial charge in [-0.1, -0.05) is 10.9 Å². The third-order valence-electron chi connectivity index (χ3n) is 5.59. The smallest absolute Gasteiger partial charge is 0.326 e. The van der Waals surface area contributed by atoms with E-state index in [1.54, 1.807) is 0 Å². The molecule has 41 heavy (non-hydrogen) atoms. The van der Waals surface area contributed by atoms with Gasteiger partial charge in [0.1, 0.15) is 17.9 Å². The number of nitro groups is 2. The molecular weight excluding hydrogens is 550 g/mol. The fourth-order valence-corrected chi connectivity index (χ4v) is 3.78. The Morgan fingerprint density at radius 1 is 1.20 bits per heavy atom. The Morgan fingerprint density at radius 2 is 1.85 bits per heavy atom. The maximum atomic E-state index is 12.5.